The Morgan fingerprint density at radius 2 is 1.89 bits per heavy atom. The number of aryl methyl sites for hydroxylation is 2. The number of amides is 1. The van der Waals surface area contributed by atoms with Gasteiger partial charge in [-0.25, -0.2) is 13.8 Å². The first kappa shape index (κ1) is 22.5. The van der Waals surface area contributed by atoms with Gasteiger partial charge in [-0.2, -0.15) is 0 Å². The lowest BCUT2D eigenvalue weighted by molar-refractivity contribution is -0.0321. The van der Waals surface area contributed by atoms with E-state index in [9.17, 15) is 13.6 Å². The number of fused-ring (bicyclic) bond motifs is 1. The van der Waals surface area contributed by atoms with Gasteiger partial charge in [-0.3, -0.25) is 9.20 Å². The number of carbonyl (C=O) groups is 1. The summed E-state index contributed by atoms with van der Waals surface area (Å²) in [7, 11) is 0. The van der Waals surface area contributed by atoms with Gasteiger partial charge in [-0.1, -0.05) is 6.07 Å². The molecule has 4 bridgehead atoms. The SMILES string of the molecule is Cc1cc(OCc2c(F)cccc2F)c2nc(C)c(C(=O)NC34CC5CC(CC(N)(C5)C3)C4)n2c1. The van der Waals surface area contributed by atoms with Gasteiger partial charge in [0.1, 0.15) is 23.9 Å². The smallest absolute Gasteiger partial charge is 0.270 e. The highest BCUT2D eigenvalue weighted by atomic mass is 19.1. The molecule has 2 atom stereocenters. The fourth-order valence-corrected chi connectivity index (χ4v) is 7.34. The third-order valence-corrected chi connectivity index (χ3v) is 8.13. The number of pyridine rings is 1. The molecule has 3 aromatic rings. The van der Waals surface area contributed by atoms with Crippen LogP contribution in [0.4, 0.5) is 8.78 Å². The molecular formula is C27H30F2N4O2. The maximum atomic E-state index is 14.1. The number of imidazole rings is 1. The first-order valence-corrected chi connectivity index (χ1v) is 12.3. The highest BCUT2D eigenvalue weighted by molar-refractivity contribution is 5.95. The van der Waals surface area contributed by atoms with Crippen molar-refractivity contribution in [2.24, 2.45) is 17.6 Å². The summed E-state index contributed by atoms with van der Waals surface area (Å²) in [4.78, 5) is 18.3. The first-order valence-electron chi connectivity index (χ1n) is 12.3. The van der Waals surface area contributed by atoms with Crippen molar-refractivity contribution in [3.63, 3.8) is 0 Å². The Labute approximate surface area is 202 Å². The van der Waals surface area contributed by atoms with Crippen molar-refractivity contribution in [3.8, 4) is 5.75 Å². The molecule has 4 fully saturated rings. The molecule has 35 heavy (non-hydrogen) atoms. The Kier molecular flexibility index (Phi) is 4.97. The van der Waals surface area contributed by atoms with E-state index in [0.717, 1.165) is 37.7 Å². The third-order valence-electron chi connectivity index (χ3n) is 8.13. The van der Waals surface area contributed by atoms with Gasteiger partial charge in [0, 0.05) is 17.3 Å². The largest absolute Gasteiger partial charge is 0.485 e. The predicted octanol–water partition coefficient (Wildman–Crippen LogP) is 4.59. The molecule has 1 amide bonds. The summed E-state index contributed by atoms with van der Waals surface area (Å²) in [6.07, 6.45) is 7.93. The van der Waals surface area contributed by atoms with E-state index in [1.807, 2.05) is 13.1 Å². The molecule has 8 heteroatoms. The Morgan fingerprint density at radius 3 is 2.54 bits per heavy atom. The molecule has 2 aromatic heterocycles. The van der Waals surface area contributed by atoms with Gasteiger partial charge in [0.05, 0.1) is 11.3 Å². The van der Waals surface area contributed by atoms with Crippen molar-refractivity contribution >= 4 is 11.6 Å². The van der Waals surface area contributed by atoms with Gasteiger partial charge >= 0.3 is 0 Å². The normalized spacial score (nSPS) is 29.1. The van der Waals surface area contributed by atoms with Crippen LogP contribution in [-0.4, -0.2) is 26.4 Å². The lowest BCUT2D eigenvalue weighted by Crippen LogP contribution is -2.68. The second-order valence-corrected chi connectivity index (χ2v) is 11.2. The van der Waals surface area contributed by atoms with Crippen LogP contribution in [0.1, 0.15) is 65.8 Å². The number of hydrogen-bond donors (Lipinski definition) is 2. The molecule has 184 valence electrons. The Hall–Kier alpha value is -3.00. The number of nitrogens with one attached hydrogen (secondary N) is 1. The van der Waals surface area contributed by atoms with E-state index in [4.69, 9.17) is 10.5 Å². The van der Waals surface area contributed by atoms with Gasteiger partial charge in [-0.05, 0) is 88.0 Å². The predicted molar refractivity (Wildman–Crippen MR) is 127 cm³/mol. The van der Waals surface area contributed by atoms with Crippen molar-refractivity contribution in [1.29, 1.82) is 0 Å². The Bertz CT molecular complexity index is 1320. The fraction of sp³-hybridized carbons (Fsp3) is 0.481. The van der Waals surface area contributed by atoms with E-state index in [-0.39, 0.29) is 29.2 Å². The van der Waals surface area contributed by atoms with Crippen LogP contribution < -0.4 is 15.8 Å². The maximum absolute atomic E-state index is 14.1. The number of benzene rings is 1. The number of hydrogen-bond acceptors (Lipinski definition) is 4. The van der Waals surface area contributed by atoms with Crippen LogP contribution >= 0.6 is 0 Å². The minimum Gasteiger partial charge on any atom is -0.485 e. The molecule has 0 saturated heterocycles. The summed E-state index contributed by atoms with van der Waals surface area (Å²) < 4.78 is 35.8. The van der Waals surface area contributed by atoms with Crippen molar-refractivity contribution in [2.45, 2.75) is 70.1 Å². The molecule has 7 rings (SSSR count). The molecule has 0 radical (unpaired) electrons. The van der Waals surface area contributed by atoms with Crippen LogP contribution in [0, 0.1) is 37.3 Å². The van der Waals surface area contributed by atoms with Crippen molar-refractivity contribution < 1.29 is 18.3 Å². The monoisotopic (exact) mass is 480 g/mol. The zero-order chi connectivity index (χ0) is 24.5. The summed E-state index contributed by atoms with van der Waals surface area (Å²) in [5, 5.41) is 3.38. The van der Waals surface area contributed by atoms with E-state index < -0.39 is 11.6 Å². The van der Waals surface area contributed by atoms with Crippen LogP contribution in [0.3, 0.4) is 0 Å². The number of aromatic nitrogens is 2. The van der Waals surface area contributed by atoms with Gasteiger partial charge in [0.25, 0.3) is 5.91 Å². The molecule has 3 N–H and O–H groups in total. The van der Waals surface area contributed by atoms with Crippen molar-refractivity contribution in [3.05, 3.63) is 64.6 Å². The number of ether oxygens (including phenoxy) is 1. The van der Waals surface area contributed by atoms with E-state index in [1.54, 1.807) is 17.4 Å². The van der Waals surface area contributed by atoms with Crippen LogP contribution in [-0.2, 0) is 6.61 Å². The zero-order valence-corrected chi connectivity index (χ0v) is 20.0. The van der Waals surface area contributed by atoms with E-state index in [0.29, 0.717) is 34.6 Å². The van der Waals surface area contributed by atoms with Gasteiger partial charge in [0.2, 0.25) is 0 Å². The lowest BCUT2D eigenvalue weighted by atomic mass is 9.50. The molecule has 4 aliphatic rings. The van der Waals surface area contributed by atoms with E-state index in [2.05, 4.69) is 10.3 Å². The lowest BCUT2D eigenvalue weighted by Gasteiger charge is -2.61. The highest BCUT2D eigenvalue weighted by Crippen LogP contribution is 2.56. The average Bonchev–Trinajstić information content (AvgIpc) is 3.07. The quantitative estimate of drug-likeness (QED) is 0.560. The zero-order valence-electron chi connectivity index (χ0n) is 20.0. The average molecular weight is 481 g/mol. The molecular weight excluding hydrogens is 450 g/mol. The number of nitrogens with zero attached hydrogens (tertiary/aromatic N) is 2. The minimum atomic E-state index is -0.665. The van der Waals surface area contributed by atoms with Gasteiger partial charge in [-0.15, -0.1) is 0 Å². The second kappa shape index (κ2) is 7.75. The van der Waals surface area contributed by atoms with Crippen molar-refractivity contribution in [1.82, 2.24) is 14.7 Å². The van der Waals surface area contributed by atoms with Crippen LogP contribution in [0.5, 0.6) is 5.75 Å². The first-order chi connectivity index (χ1) is 16.6. The molecule has 1 aromatic carbocycles. The number of rotatable bonds is 5. The topological polar surface area (TPSA) is 81.6 Å². The molecule has 6 nitrogen and oxygen atoms in total. The molecule has 2 heterocycles. The van der Waals surface area contributed by atoms with E-state index in [1.165, 1.54) is 24.6 Å². The van der Waals surface area contributed by atoms with Crippen LogP contribution in [0.15, 0.2) is 30.5 Å². The van der Waals surface area contributed by atoms with Gasteiger partial charge in [0.15, 0.2) is 11.4 Å². The number of halogens is 2. The maximum Gasteiger partial charge on any atom is 0.270 e. The van der Waals surface area contributed by atoms with Crippen LogP contribution in [0.2, 0.25) is 0 Å². The minimum absolute atomic E-state index is 0.147. The Balaban J connectivity index is 1.31. The summed E-state index contributed by atoms with van der Waals surface area (Å²) in [5.41, 5.74) is 8.44. The molecule has 4 saturated carbocycles. The second-order valence-electron chi connectivity index (χ2n) is 11.2. The summed E-state index contributed by atoms with van der Waals surface area (Å²) in [6.45, 7) is 3.39. The van der Waals surface area contributed by atoms with E-state index >= 15 is 0 Å². The molecule has 2 unspecified atom stereocenters. The molecule has 4 aliphatic carbocycles. The summed E-state index contributed by atoms with van der Waals surface area (Å²) >= 11 is 0. The summed E-state index contributed by atoms with van der Waals surface area (Å²) in [5.74, 6) is 0.0162. The molecule has 0 aliphatic heterocycles. The summed E-state index contributed by atoms with van der Waals surface area (Å²) in [6, 6.07) is 5.48. The van der Waals surface area contributed by atoms with Gasteiger partial charge < -0.3 is 15.8 Å². The van der Waals surface area contributed by atoms with Crippen LogP contribution in [0.25, 0.3) is 5.65 Å². The molecule has 0 spiro atoms. The highest BCUT2D eigenvalue weighted by Gasteiger charge is 2.57. The number of nitrogens with two attached hydrogens (primary N) is 1. The third kappa shape index (κ3) is 3.78. The standard InChI is InChI=1S/C27H30F2N4O2/c1-15-6-22(35-13-19-20(28)4-3-5-21(19)29)24-31-16(2)23(33(24)12-15)25(34)32-27-10-17-7-18(11-27)9-26(30,8-17)14-27/h3-6,12,17-18H,7-11,13-14,30H2,1-2H3,(H,32,34). The van der Waals surface area contributed by atoms with Crippen molar-refractivity contribution in [2.75, 3.05) is 0 Å². The number of carbonyl (C=O) groups excluding carboxylic acids is 1. The fourth-order valence-electron chi connectivity index (χ4n) is 7.34. The Morgan fingerprint density at radius 1 is 1.20 bits per heavy atom.